The number of aromatic nitrogens is 5. The van der Waals surface area contributed by atoms with Crippen molar-refractivity contribution in [1.29, 1.82) is 0 Å². The second-order valence-electron chi connectivity index (χ2n) is 6.03. The van der Waals surface area contributed by atoms with E-state index < -0.39 is 6.61 Å². The average Bonchev–Trinajstić information content (AvgIpc) is 3.29. The number of fused-ring (bicyclic) bond motifs is 1. The molecule has 4 rings (SSSR count). The van der Waals surface area contributed by atoms with Crippen molar-refractivity contribution in [2.24, 2.45) is 0 Å². The first kappa shape index (κ1) is 17.5. The molecular formula is C17H18F2N6O2. The van der Waals surface area contributed by atoms with Crippen LogP contribution in [-0.2, 0) is 6.54 Å². The van der Waals surface area contributed by atoms with E-state index in [9.17, 15) is 8.78 Å². The lowest BCUT2D eigenvalue weighted by atomic mass is 10.2. The normalized spacial score (nSPS) is 17.0. The van der Waals surface area contributed by atoms with Crippen molar-refractivity contribution in [3.8, 4) is 23.1 Å². The maximum atomic E-state index is 12.3. The largest absolute Gasteiger partial charge is 0.471 e. The summed E-state index contributed by atoms with van der Waals surface area (Å²) in [6.45, 7) is 1.34. The van der Waals surface area contributed by atoms with E-state index in [1.807, 2.05) is 11.5 Å². The zero-order valence-electron chi connectivity index (χ0n) is 14.6. The van der Waals surface area contributed by atoms with Gasteiger partial charge in [-0.3, -0.25) is 0 Å². The Hall–Kier alpha value is -2.88. The summed E-state index contributed by atoms with van der Waals surface area (Å²) in [7, 11) is 0. The third-order valence-corrected chi connectivity index (χ3v) is 4.31. The molecule has 1 fully saturated rings. The molecule has 0 spiro atoms. The number of pyridine rings is 1. The zero-order chi connectivity index (χ0) is 18.8. The van der Waals surface area contributed by atoms with Crippen LogP contribution in [0.2, 0.25) is 0 Å². The molecular weight excluding hydrogens is 358 g/mol. The van der Waals surface area contributed by atoms with Crippen LogP contribution in [0.4, 0.5) is 8.78 Å². The van der Waals surface area contributed by atoms with E-state index in [1.165, 1.54) is 18.6 Å². The Morgan fingerprint density at radius 1 is 1.30 bits per heavy atom. The zero-order valence-corrected chi connectivity index (χ0v) is 14.6. The number of aryl methyl sites for hydroxylation is 1. The molecule has 1 aliphatic rings. The summed E-state index contributed by atoms with van der Waals surface area (Å²) in [6, 6.07) is 3.01. The van der Waals surface area contributed by atoms with Gasteiger partial charge in [-0.05, 0) is 26.0 Å². The Bertz CT molecular complexity index is 925. The molecule has 0 aromatic carbocycles. The Morgan fingerprint density at radius 2 is 2.19 bits per heavy atom. The molecule has 142 valence electrons. The van der Waals surface area contributed by atoms with E-state index in [0.717, 1.165) is 19.5 Å². The SMILES string of the molecule is CCn1c(-c2ccc(OC(F)F)nc2)nc2c(OC3CCNC3)ncnc21. The van der Waals surface area contributed by atoms with Crippen LogP contribution < -0.4 is 14.8 Å². The Kier molecular flexibility index (Phi) is 4.80. The third-order valence-electron chi connectivity index (χ3n) is 4.31. The summed E-state index contributed by atoms with van der Waals surface area (Å²) in [6.07, 6.45) is 3.85. The first-order valence-corrected chi connectivity index (χ1v) is 8.65. The lowest BCUT2D eigenvalue weighted by molar-refractivity contribution is -0.0528. The van der Waals surface area contributed by atoms with Crippen LogP contribution in [0.15, 0.2) is 24.7 Å². The van der Waals surface area contributed by atoms with Crippen molar-refractivity contribution in [3.05, 3.63) is 24.7 Å². The number of nitrogens with one attached hydrogen (secondary N) is 1. The summed E-state index contributed by atoms with van der Waals surface area (Å²) in [5.74, 6) is 0.900. The third kappa shape index (κ3) is 3.52. The van der Waals surface area contributed by atoms with Crippen LogP contribution in [0.3, 0.4) is 0 Å². The van der Waals surface area contributed by atoms with Gasteiger partial charge < -0.3 is 19.4 Å². The molecule has 3 aromatic rings. The highest BCUT2D eigenvalue weighted by atomic mass is 19.3. The van der Waals surface area contributed by atoms with E-state index in [1.54, 1.807) is 6.07 Å². The predicted molar refractivity (Wildman–Crippen MR) is 92.8 cm³/mol. The number of imidazole rings is 1. The molecule has 0 amide bonds. The van der Waals surface area contributed by atoms with E-state index >= 15 is 0 Å². The summed E-state index contributed by atoms with van der Waals surface area (Å²) in [5, 5.41) is 3.25. The minimum absolute atomic E-state index is 0.0470. The minimum atomic E-state index is -2.91. The fraction of sp³-hybridized carbons (Fsp3) is 0.412. The standard InChI is InChI=1S/C17H18F2N6O2/c1-2-25-14(10-3-4-12(21-7-10)27-17(18)19)24-13-15(25)22-9-23-16(13)26-11-5-6-20-8-11/h3-4,7,9,11,17,20H,2,5-6,8H2,1H3. The lowest BCUT2D eigenvalue weighted by Gasteiger charge is -2.11. The summed E-state index contributed by atoms with van der Waals surface area (Å²) in [4.78, 5) is 17.1. The van der Waals surface area contributed by atoms with E-state index in [4.69, 9.17) is 4.74 Å². The fourth-order valence-electron chi connectivity index (χ4n) is 3.08. The van der Waals surface area contributed by atoms with Gasteiger partial charge in [0.1, 0.15) is 18.3 Å². The topological polar surface area (TPSA) is 87.0 Å². The number of hydrogen-bond acceptors (Lipinski definition) is 7. The molecule has 0 aliphatic carbocycles. The average molecular weight is 376 g/mol. The maximum Gasteiger partial charge on any atom is 0.388 e. The van der Waals surface area contributed by atoms with Crippen LogP contribution in [0, 0.1) is 0 Å². The number of ether oxygens (including phenoxy) is 2. The van der Waals surface area contributed by atoms with Crippen molar-refractivity contribution >= 4 is 11.2 Å². The van der Waals surface area contributed by atoms with Crippen molar-refractivity contribution < 1.29 is 18.3 Å². The van der Waals surface area contributed by atoms with Crippen molar-refractivity contribution in [2.45, 2.75) is 32.6 Å². The van der Waals surface area contributed by atoms with Crippen LogP contribution in [-0.4, -0.2) is 50.3 Å². The second-order valence-corrected chi connectivity index (χ2v) is 6.03. The van der Waals surface area contributed by atoms with Gasteiger partial charge in [0.05, 0.1) is 0 Å². The van der Waals surface area contributed by atoms with E-state index in [-0.39, 0.29) is 12.0 Å². The summed E-state index contributed by atoms with van der Waals surface area (Å²) < 4.78 is 36.8. The fourth-order valence-corrected chi connectivity index (χ4v) is 3.08. The number of nitrogens with zero attached hydrogens (tertiary/aromatic N) is 5. The van der Waals surface area contributed by atoms with Gasteiger partial charge in [-0.25, -0.2) is 15.0 Å². The number of rotatable bonds is 6. The molecule has 0 saturated carbocycles. The van der Waals surface area contributed by atoms with Gasteiger partial charge in [-0.2, -0.15) is 13.8 Å². The number of alkyl halides is 2. The first-order valence-electron chi connectivity index (χ1n) is 8.65. The molecule has 1 atom stereocenters. The quantitative estimate of drug-likeness (QED) is 0.706. The molecule has 3 aromatic heterocycles. The highest BCUT2D eigenvalue weighted by molar-refractivity contribution is 5.81. The molecule has 10 heteroatoms. The molecule has 4 heterocycles. The second kappa shape index (κ2) is 7.39. The lowest BCUT2D eigenvalue weighted by Crippen LogP contribution is -2.20. The van der Waals surface area contributed by atoms with Crippen LogP contribution >= 0.6 is 0 Å². The van der Waals surface area contributed by atoms with Crippen LogP contribution in [0.25, 0.3) is 22.6 Å². The highest BCUT2D eigenvalue weighted by Crippen LogP contribution is 2.29. The monoisotopic (exact) mass is 376 g/mol. The molecule has 27 heavy (non-hydrogen) atoms. The van der Waals surface area contributed by atoms with Gasteiger partial charge in [-0.15, -0.1) is 0 Å². The van der Waals surface area contributed by atoms with Crippen LogP contribution in [0.1, 0.15) is 13.3 Å². The minimum Gasteiger partial charge on any atom is -0.471 e. The highest BCUT2D eigenvalue weighted by Gasteiger charge is 2.22. The Morgan fingerprint density at radius 3 is 2.85 bits per heavy atom. The first-order chi connectivity index (χ1) is 13.2. The molecule has 0 radical (unpaired) electrons. The summed E-state index contributed by atoms with van der Waals surface area (Å²) >= 11 is 0. The Balaban J connectivity index is 1.72. The molecule has 0 bridgehead atoms. The number of halogens is 2. The molecule has 1 saturated heterocycles. The van der Waals surface area contributed by atoms with Crippen molar-refractivity contribution in [1.82, 2.24) is 29.8 Å². The molecule has 1 N–H and O–H groups in total. The van der Waals surface area contributed by atoms with Gasteiger partial charge in [0.25, 0.3) is 0 Å². The predicted octanol–water partition coefficient (Wildman–Crippen LogP) is 2.25. The van der Waals surface area contributed by atoms with Crippen molar-refractivity contribution in [3.63, 3.8) is 0 Å². The molecule has 1 unspecified atom stereocenters. The van der Waals surface area contributed by atoms with Gasteiger partial charge >= 0.3 is 6.61 Å². The van der Waals surface area contributed by atoms with E-state index in [2.05, 4.69) is 30.0 Å². The van der Waals surface area contributed by atoms with Gasteiger partial charge in [-0.1, -0.05) is 0 Å². The van der Waals surface area contributed by atoms with Crippen LogP contribution in [0.5, 0.6) is 11.8 Å². The summed E-state index contributed by atoms with van der Waals surface area (Å²) in [5.41, 5.74) is 1.87. The van der Waals surface area contributed by atoms with Gasteiger partial charge in [0.15, 0.2) is 11.2 Å². The Labute approximate surface area is 153 Å². The smallest absolute Gasteiger partial charge is 0.388 e. The van der Waals surface area contributed by atoms with Gasteiger partial charge in [0.2, 0.25) is 11.8 Å². The van der Waals surface area contributed by atoms with Crippen molar-refractivity contribution in [2.75, 3.05) is 13.1 Å². The van der Waals surface area contributed by atoms with E-state index in [0.29, 0.717) is 35.0 Å². The maximum absolute atomic E-state index is 12.3. The van der Waals surface area contributed by atoms with Gasteiger partial charge in [0, 0.05) is 30.9 Å². The number of hydrogen-bond donors (Lipinski definition) is 1. The molecule has 8 nitrogen and oxygen atoms in total. The molecule has 1 aliphatic heterocycles.